The highest BCUT2D eigenvalue weighted by molar-refractivity contribution is 7.91. The van der Waals surface area contributed by atoms with E-state index in [1.54, 1.807) is 4.90 Å². The molecule has 1 atom stereocenters. The van der Waals surface area contributed by atoms with E-state index >= 15 is 0 Å². The molecule has 1 aromatic carbocycles. The largest absolute Gasteiger partial charge is 0.352 e. The Morgan fingerprint density at radius 1 is 1.22 bits per heavy atom. The maximum absolute atomic E-state index is 12.3. The molecule has 6 nitrogen and oxygen atoms in total. The van der Waals surface area contributed by atoms with Gasteiger partial charge in [-0.25, -0.2) is 8.42 Å². The first-order chi connectivity index (χ1) is 10.9. The van der Waals surface area contributed by atoms with Gasteiger partial charge in [-0.05, 0) is 24.0 Å². The van der Waals surface area contributed by atoms with Gasteiger partial charge in [-0.1, -0.05) is 24.3 Å². The number of sulfone groups is 1. The molecule has 2 amide bonds. The SMILES string of the molecule is O=C(CC(=O)N1CCc2ccccc2C1)NC1CCS(=O)(=O)C1. The summed E-state index contributed by atoms with van der Waals surface area (Å²) >= 11 is 0. The topological polar surface area (TPSA) is 83.6 Å². The number of nitrogens with zero attached hydrogens (tertiary/aromatic N) is 1. The molecule has 124 valence electrons. The lowest BCUT2D eigenvalue weighted by Crippen LogP contribution is -2.41. The Kier molecular flexibility index (Phi) is 4.39. The van der Waals surface area contributed by atoms with Gasteiger partial charge in [0.15, 0.2) is 9.84 Å². The van der Waals surface area contributed by atoms with Crippen molar-refractivity contribution in [3.05, 3.63) is 35.4 Å². The van der Waals surface area contributed by atoms with Crippen LogP contribution < -0.4 is 5.32 Å². The van der Waals surface area contributed by atoms with E-state index in [9.17, 15) is 18.0 Å². The number of hydrogen-bond donors (Lipinski definition) is 1. The molecule has 0 aliphatic carbocycles. The normalized spacial score (nSPS) is 22.4. The first kappa shape index (κ1) is 16.0. The van der Waals surface area contributed by atoms with Crippen LogP contribution in [0.1, 0.15) is 24.0 Å². The molecule has 7 heteroatoms. The summed E-state index contributed by atoms with van der Waals surface area (Å²) in [6.07, 6.45) is 1.00. The van der Waals surface area contributed by atoms with Crippen molar-refractivity contribution in [1.29, 1.82) is 0 Å². The molecule has 2 aliphatic rings. The molecule has 0 radical (unpaired) electrons. The third kappa shape index (κ3) is 3.90. The molecule has 1 unspecified atom stereocenters. The Bertz CT molecular complexity index is 729. The Labute approximate surface area is 135 Å². The van der Waals surface area contributed by atoms with Crippen LogP contribution in [0.2, 0.25) is 0 Å². The van der Waals surface area contributed by atoms with Gasteiger partial charge in [0, 0.05) is 19.1 Å². The van der Waals surface area contributed by atoms with Crippen LogP contribution >= 0.6 is 0 Å². The third-order valence-electron chi connectivity index (χ3n) is 4.39. The molecular weight excluding hydrogens is 316 g/mol. The van der Waals surface area contributed by atoms with Crippen molar-refractivity contribution < 1.29 is 18.0 Å². The average molecular weight is 336 g/mol. The van der Waals surface area contributed by atoms with Crippen LogP contribution in [0.15, 0.2) is 24.3 Å². The molecule has 2 heterocycles. The fourth-order valence-electron chi connectivity index (χ4n) is 3.15. The minimum Gasteiger partial charge on any atom is -0.352 e. The highest BCUT2D eigenvalue weighted by Crippen LogP contribution is 2.19. The second kappa shape index (κ2) is 6.31. The van der Waals surface area contributed by atoms with Crippen LogP contribution in [0.5, 0.6) is 0 Å². The average Bonchev–Trinajstić information content (AvgIpc) is 2.85. The first-order valence-electron chi connectivity index (χ1n) is 7.77. The molecule has 0 aromatic heterocycles. The van der Waals surface area contributed by atoms with Crippen LogP contribution in [0.3, 0.4) is 0 Å². The Morgan fingerprint density at radius 2 is 1.96 bits per heavy atom. The van der Waals surface area contributed by atoms with Gasteiger partial charge >= 0.3 is 0 Å². The molecule has 0 spiro atoms. The molecule has 1 aromatic rings. The second-order valence-electron chi connectivity index (χ2n) is 6.18. The number of carbonyl (C=O) groups is 2. The molecule has 2 aliphatic heterocycles. The quantitative estimate of drug-likeness (QED) is 0.803. The van der Waals surface area contributed by atoms with Gasteiger partial charge in [-0.3, -0.25) is 9.59 Å². The standard InChI is InChI=1S/C16H20N2O4S/c19-15(17-14-6-8-23(21,22)11-14)9-16(20)18-7-5-12-3-1-2-4-13(12)10-18/h1-4,14H,5-11H2,(H,17,19). The van der Waals surface area contributed by atoms with Crippen LogP contribution in [0, 0.1) is 0 Å². The number of benzene rings is 1. The summed E-state index contributed by atoms with van der Waals surface area (Å²) in [5.74, 6) is -0.521. The number of hydrogen-bond acceptors (Lipinski definition) is 4. The molecule has 1 saturated heterocycles. The summed E-state index contributed by atoms with van der Waals surface area (Å²) in [5.41, 5.74) is 2.37. The smallest absolute Gasteiger partial charge is 0.232 e. The van der Waals surface area contributed by atoms with Crippen LogP contribution in [-0.4, -0.2) is 49.2 Å². The maximum Gasteiger partial charge on any atom is 0.232 e. The van der Waals surface area contributed by atoms with Crippen molar-refractivity contribution in [3.8, 4) is 0 Å². The van der Waals surface area contributed by atoms with E-state index in [-0.39, 0.29) is 29.9 Å². The van der Waals surface area contributed by atoms with Crippen molar-refractivity contribution in [2.24, 2.45) is 0 Å². The number of nitrogens with one attached hydrogen (secondary N) is 1. The fourth-order valence-corrected chi connectivity index (χ4v) is 4.82. The van der Waals surface area contributed by atoms with Crippen LogP contribution in [0.4, 0.5) is 0 Å². The number of amides is 2. The maximum atomic E-state index is 12.3. The summed E-state index contributed by atoms with van der Waals surface area (Å²) in [5, 5.41) is 2.66. The van der Waals surface area contributed by atoms with Gasteiger partial charge < -0.3 is 10.2 Å². The molecule has 23 heavy (non-hydrogen) atoms. The second-order valence-corrected chi connectivity index (χ2v) is 8.41. The molecular formula is C16H20N2O4S. The number of fused-ring (bicyclic) bond motifs is 1. The molecule has 0 bridgehead atoms. The Morgan fingerprint density at radius 3 is 2.65 bits per heavy atom. The first-order valence-corrected chi connectivity index (χ1v) is 9.59. The Balaban J connectivity index is 1.53. The van der Waals surface area contributed by atoms with E-state index in [1.807, 2.05) is 18.2 Å². The summed E-state index contributed by atoms with van der Waals surface area (Å²) in [7, 11) is -3.03. The van der Waals surface area contributed by atoms with E-state index in [2.05, 4.69) is 11.4 Å². The van der Waals surface area contributed by atoms with Gasteiger partial charge in [0.2, 0.25) is 11.8 Å². The lowest BCUT2D eigenvalue weighted by atomic mass is 10.00. The zero-order chi connectivity index (χ0) is 16.4. The number of rotatable bonds is 3. The van der Waals surface area contributed by atoms with E-state index < -0.39 is 15.7 Å². The zero-order valence-electron chi connectivity index (χ0n) is 12.8. The van der Waals surface area contributed by atoms with Crippen molar-refractivity contribution in [3.63, 3.8) is 0 Å². The van der Waals surface area contributed by atoms with E-state index in [4.69, 9.17) is 0 Å². The highest BCUT2D eigenvalue weighted by Gasteiger charge is 2.30. The van der Waals surface area contributed by atoms with E-state index in [1.165, 1.54) is 5.56 Å². The van der Waals surface area contributed by atoms with Crippen LogP contribution in [-0.2, 0) is 32.4 Å². The zero-order valence-corrected chi connectivity index (χ0v) is 13.6. The van der Waals surface area contributed by atoms with Gasteiger partial charge in [0.05, 0.1) is 11.5 Å². The van der Waals surface area contributed by atoms with Crippen molar-refractivity contribution in [2.75, 3.05) is 18.1 Å². The number of carbonyl (C=O) groups excluding carboxylic acids is 2. The molecule has 0 saturated carbocycles. The summed E-state index contributed by atoms with van der Waals surface area (Å²) in [6.45, 7) is 1.14. The predicted molar refractivity (Wildman–Crippen MR) is 85.4 cm³/mol. The molecule has 1 fully saturated rings. The lowest BCUT2D eigenvalue weighted by molar-refractivity contribution is -0.136. The summed E-state index contributed by atoms with van der Waals surface area (Å²) in [4.78, 5) is 25.9. The summed E-state index contributed by atoms with van der Waals surface area (Å²) < 4.78 is 22.8. The van der Waals surface area contributed by atoms with Gasteiger partial charge in [0.1, 0.15) is 6.42 Å². The third-order valence-corrected chi connectivity index (χ3v) is 6.16. The van der Waals surface area contributed by atoms with Gasteiger partial charge in [0.25, 0.3) is 0 Å². The van der Waals surface area contributed by atoms with Crippen molar-refractivity contribution >= 4 is 21.7 Å². The van der Waals surface area contributed by atoms with Crippen molar-refractivity contribution in [2.45, 2.75) is 31.8 Å². The van der Waals surface area contributed by atoms with Gasteiger partial charge in [-0.2, -0.15) is 0 Å². The predicted octanol–water partition coefficient (Wildman–Crippen LogP) is 0.265. The molecule has 1 N–H and O–H groups in total. The Hall–Kier alpha value is -1.89. The lowest BCUT2D eigenvalue weighted by Gasteiger charge is -2.28. The minimum absolute atomic E-state index is 0.0238. The van der Waals surface area contributed by atoms with Gasteiger partial charge in [-0.15, -0.1) is 0 Å². The highest BCUT2D eigenvalue weighted by atomic mass is 32.2. The van der Waals surface area contributed by atoms with E-state index in [0.717, 1.165) is 12.0 Å². The minimum atomic E-state index is -3.03. The van der Waals surface area contributed by atoms with Crippen LogP contribution in [0.25, 0.3) is 0 Å². The summed E-state index contributed by atoms with van der Waals surface area (Å²) in [6, 6.07) is 7.63. The van der Waals surface area contributed by atoms with E-state index in [0.29, 0.717) is 19.5 Å². The monoisotopic (exact) mass is 336 g/mol. The molecule has 3 rings (SSSR count). The van der Waals surface area contributed by atoms with Crippen molar-refractivity contribution in [1.82, 2.24) is 10.2 Å². The fraction of sp³-hybridized carbons (Fsp3) is 0.500.